The van der Waals surface area contributed by atoms with Crippen molar-refractivity contribution in [2.24, 2.45) is 7.05 Å². The molecule has 156 valence electrons. The first kappa shape index (κ1) is 19.5. The lowest BCUT2D eigenvalue weighted by Gasteiger charge is -2.29. The zero-order valence-corrected chi connectivity index (χ0v) is 18.0. The second-order valence-corrected chi connectivity index (χ2v) is 7.80. The van der Waals surface area contributed by atoms with Gasteiger partial charge < -0.3 is 18.8 Å². The van der Waals surface area contributed by atoms with Crippen LogP contribution in [0.15, 0.2) is 54.9 Å². The monoisotopic (exact) mass is 433 g/mol. The third-order valence-corrected chi connectivity index (χ3v) is 6.01. The van der Waals surface area contributed by atoms with Crippen LogP contribution < -0.4 is 19.7 Å². The lowest BCUT2D eigenvalue weighted by molar-refractivity contribution is 0.354. The number of ether oxygens (including phenoxy) is 3. The van der Waals surface area contributed by atoms with Crippen LogP contribution in [0.2, 0.25) is 5.02 Å². The second-order valence-electron chi connectivity index (χ2n) is 7.39. The summed E-state index contributed by atoms with van der Waals surface area (Å²) in [5.41, 5.74) is 2.80. The van der Waals surface area contributed by atoms with Gasteiger partial charge >= 0.3 is 0 Å². The number of halogens is 1. The third kappa shape index (κ3) is 2.94. The zero-order chi connectivity index (χ0) is 21.7. The number of methoxy groups -OCH3 is 2. The molecule has 31 heavy (non-hydrogen) atoms. The number of hydrogen-bond acceptors (Lipinski definition) is 5. The molecule has 1 aromatic heterocycles. The minimum Gasteiger partial charge on any atom is -0.493 e. The van der Waals surface area contributed by atoms with Gasteiger partial charge in [-0.05, 0) is 23.8 Å². The Balaban J connectivity index is 1.86. The highest BCUT2D eigenvalue weighted by molar-refractivity contribution is 6.36. The number of nitrogens with zero attached hydrogens (tertiary/aromatic N) is 2. The van der Waals surface area contributed by atoms with Crippen LogP contribution in [0.4, 0.5) is 0 Å². The minimum absolute atomic E-state index is 0.312. The largest absolute Gasteiger partial charge is 0.493 e. The Morgan fingerprint density at radius 3 is 2.52 bits per heavy atom. The fourth-order valence-electron chi connectivity index (χ4n) is 4.18. The van der Waals surface area contributed by atoms with E-state index in [0.717, 1.165) is 21.9 Å². The summed E-state index contributed by atoms with van der Waals surface area (Å²) in [6.45, 7) is 0. The summed E-state index contributed by atoms with van der Waals surface area (Å²) in [7, 11) is 5.01. The number of fused-ring (bicyclic) bond motifs is 4. The molecular weight excluding hydrogens is 414 g/mol. The normalized spacial score (nSPS) is 14.5. The molecule has 5 rings (SSSR count). The summed E-state index contributed by atoms with van der Waals surface area (Å²) in [5, 5.41) is 11.2. The van der Waals surface area contributed by atoms with Crippen LogP contribution in [0, 0.1) is 5.41 Å². The van der Waals surface area contributed by atoms with E-state index in [4.69, 9.17) is 31.2 Å². The van der Waals surface area contributed by atoms with Gasteiger partial charge in [0.05, 0.1) is 26.1 Å². The third-order valence-electron chi connectivity index (χ3n) is 5.70. The van der Waals surface area contributed by atoms with Crippen LogP contribution in [-0.4, -0.2) is 23.8 Å². The summed E-state index contributed by atoms with van der Waals surface area (Å²) in [6, 6.07) is 15.6. The highest BCUT2D eigenvalue weighted by atomic mass is 35.5. The Morgan fingerprint density at radius 1 is 1.03 bits per heavy atom. The molecule has 1 aliphatic heterocycles. The van der Waals surface area contributed by atoms with Gasteiger partial charge in [-0.2, -0.15) is 0 Å². The van der Waals surface area contributed by atoms with E-state index in [2.05, 4.69) is 4.98 Å². The zero-order valence-electron chi connectivity index (χ0n) is 17.3. The van der Waals surface area contributed by atoms with Crippen molar-refractivity contribution < 1.29 is 14.2 Å². The molecule has 6 nitrogen and oxygen atoms in total. The average Bonchev–Trinajstić information content (AvgIpc) is 2.80. The summed E-state index contributed by atoms with van der Waals surface area (Å²) >= 11 is 6.68. The average molecular weight is 434 g/mol. The van der Waals surface area contributed by atoms with Gasteiger partial charge in [0, 0.05) is 34.3 Å². The fourth-order valence-corrected chi connectivity index (χ4v) is 4.47. The van der Waals surface area contributed by atoms with Crippen LogP contribution in [0.25, 0.3) is 10.8 Å². The number of hydrogen-bond donors (Lipinski definition) is 1. The van der Waals surface area contributed by atoms with E-state index < -0.39 is 0 Å². The first-order valence-corrected chi connectivity index (χ1v) is 10.1. The summed E-state index contributed by atoms with van der Waals surface area (Å²) in [4.78, 5) is 4.49. The lowest BCUT2D eigenvalue weighted by Crippen LogP contribution is -2.28. The minimum atomic E-state index is -0.312. The predicted molar refractivity (Wildman–Crippen MR) is 119 cm³/mol. The van der Waals surface area contributed by atoms with E-state index in [1.54, 1.807) is 32.2 Å². The maximum atomic E-state index is 8.74. The maximum absolute atomic E-state index is 8.74. The highest BCUT2D eigenvalue weighted by Gasteiger charge is 2.34. The Labute approximate surface area is 184 Å². The van der Waals surface area contributed by atoms with E-state index >= 15 is 0 Å². The number of rotatable bonds is 3. The fraction of sp³-hybridized carbons (Fsp3) is 0.167. The second kappa shape index (κ2) is 7.32. The molecule has 0 spiro atoms. The number of benzene rings is 3. The topological polar surface area (TPSA) is 69.4 Å². The number of nitrogens with one attached hydrogen (secondary N) is 1. The van der Waals surface area contributed by atoms with E-state index in [1.807, 2.05) is 48.5 Å². The van der Waals surface area contributed by atoms with Gasteiger partial charge in [0.15, 0.2) is 11.5 Å². The summed E-state index contributed by atoms with van der Waals surface area (Å²) in [6.07, 6.45) is 1.59. The van der Waals surface area contributed by atoms with Crippen molar-refractivity contribution in [3.63, 3.8) is 0 Å². The van der Waals surface area contributed by atoms with E-state index in [-0.39, 0.29) is 5.92 Å². The smallest absolute Gasteiger partial charge is 0.228 e. The van der Waals surface area contributed by atoms with E-state index in [9.17, 15) is 0 Å². The van der Waals surface area contributed by atoms with Crippen LogP contribution in [-0.2, 0) is 7.05 Å². The first-order chi connectivity index (χ1) is 15.0. The SMILES string of the molecule is COc1ccc([C@@H]2c3cc(Cl)c4ccccc4c3Oc3ncn(C)c(=N)c32)cc1OC. The van der Waals surface area contributed by atoms with Gasteiger partial charge in [0.2, 0.25) is 5.88 Å². The Bertz CT molecular complexity index is 1400. The molecule has 2 heterocycles. The van der Waals surface area contributed by atoms with Gasteiger partial charge in [-0.15, -0.1) is 0 Å². The first-order valence-electron chi connectivity index (χ1n) is 9.74. The van der Waals surface area contributed by atoms with Crippen molar-refractivity contribution in [2.75, 3.05) is 14.2 Å². The van der Waals surface area contributed by atoms with Crippen molar-refractivity contribution in [3.05, 3.63) is 82.1 Å². The van der Waals surface area contributed by atoms with Gasteiger partial charge in [-0.25, -0.2) is 4.98 Å². The van der Waals surface area contributed by atoms with Crippen LogP contribution >= 0.6 is 11.6 Å². The molecule has 1 atom stereocenters. The molecule has 0 fully saturated rings. The standard InChI is InChI=1S/C24H20ClN3O3/c1-28-12-27-24-21(23(28)26)20(13-8-9-18(29-2)19(10-13)30-3)16-11-17(25)14-6-4-5-7-15(14)22(16)31-24/h4-12,20,26H,1-3H3/t20-/m1/s1. The molecule has 3 aromatic carbocycles. The van der Waals surface area contributed by atoms with Gasteiger partial charge in [0.25, 0.3) is 0 Å². The lowest BCUT2D eigenvalue weighted by atomic mass is 9.82. The Hall–Kier alpha value is -3.51. The molecule has 7 heteroatoms. The van der Waals surface area contributed by atoms with Crippen molar-refractivity contribution in [2.45, 2.75) is 5.92 Å². The van der Waals surface area contributed by atoms with Crippen LogP contribution in [0.1, 0.15) is 22.6 Å². The summed E-state index contributed by atoms with van der Waals surface area (Å²) < 4.78 is 18.9. The molecule has 4 aromatic rings. The predicted octanol–water partition coefficient (Wildman–Crippen LogP) is 5.01. The van der Waals surface area contributed by atoms with Crippen LogP contribution in [0.3, 0.4) is 0 Å². The number of aromatic nitrogens is 2. The molecule has 1 aliphatic rings. The maximum Gasteiger partial charge on any atom is 0.228 e. The molecule has 0 unspecified atom stereocenters. The summed E-state index contributed by atoms with van der Waals surface area (Å²) in [5.74, 6) is 2.06. The van der Waals surface area contributed by atoms with Crippen molar-refractivity contribution in [1.82, 2.24) is 9.55 Å². The highest BCUT2D eigenvalue weighted by Crippen LogP contribution is 2.50. The molecule has 0 bridgehead atoms. The van der Waals surface area contributed by atoms with Crippen LogP contribution in [0.5, 0.6) is 23.1 Å². The molecule has 0 amide bonds. The van der Waals surface area contributed by atoms with Crippen molar-refractivity contribution in [1.29, 1.82) is 5.41 Å². The number of aryl methyl sites for hydroxylation is 1. The Kier molecular flexibility index (Phi) is 4.59. The Morgan fingerprint density at radius 2 is 1.77 bits per heavy atom. The van der Waals surface area contributed by atoms with Gasteiger partial charge in [-0.3, -0.25) is 5.41 Å². The molecule has 0 saturated heterocycles. The van der Waals surface area contributed by atoms with E-state index in [1.165, 1.54) is 0 Å². The quantitative estimate of drug-likeness (QED) is 0.434. The van der Waals surface area contributed by atoms with Crippen molar-refractivity contribution >= 4 is 22.4 Å². The molecule has 0 saturated carbocycles. The van der Waals surface area contributed by atoms with E-state index in [0.29, 0.717) is 39.2 Å². The molecule has 0 radical (unpaired) electrons. The molecule has 0 aliphatic carbocycles. The van der Waals surface area contributed by atoms with Crippen molar-refractivity contribution in [3.8, 4) is 23.1 Å². The van der Waals surface area contributed by atoms with Gasteiger partial charge in [0.1, 0.15) is 11.2 Å². The van der Waals surface area contributed by atoms with Gasteiger partial charge in [-0.1, -0.05) is 41.9 Å². The molecular formula is C24H20ClN3O3. The molecule has 1 N–H and O–H groups in total.